The van der Waals surface area contributed by atoms with Gasteiger partial charge in [0.15, 0.2) is 0 Å². The van der Waals surface area contributed by atoms with E-state index in [0.29, 0.717) is 17.7 Å². The van der Waals surface area contributed by atoms with Crippen molar-refractivity contribution in [3.63, 3.8) is 0 Å². The highest BCUT2D eigenvalue weighted by molar-refractivity contribution is 5.94. The lowest BCUT2D eigenvalue weighted by Gasteiger charge is -2.43. The second-order valence-corrected chi connectivity index (χ2v) is 7.55. The Bertz CT molecular complexity index is 748. The molecule has 6 heteroatoms. The van der Waals surface area contributed by atoms with Gasteiger partial charge >= 0.3 is 0 Å². The van der Waals surface area contributed by atoms with Gasteiger partial charge < -0.3 is 15.5 Å². The van der Waals surface area contributed by atoms with E-state index in [1.54, 1.807) is 12.5 Å². The molecule has 2 aliphatic rings. The van der Waals surface area contributed by atoms with Crippen LogP contribution in [-0.2, 0) is 4.79 Å². The molecule has 1 aromatic carbocycles. The molecular weight excluding hydrogens is 350 g/mol. The number of hydrogen-bond acceptors (Lipinski definition) is 4. The molecule has 4 rings (SSSR count). The number of halogens is 1. The average molecular weight is 376 g/mol. The van der Waals surface area contributed by atoms with Crippen molar-refractivity contribution in [2.75, 3.05) is 5.32 Å². The summed E-state index contributed by atoms with van der Waals surface area (Å²) in [5.74, 6) is 1.76. The molecule has 2 aliphatic carbocycles. The van der Waals surface area contributed by atoms with E-state index in [4.69, 9.17) is 10.2 Å². The van der Waals surface area contributed by atoms with E-state index in [1.807, 2.05) is 25.1 Å². The zero-order valence-electron chi connectivity index (χ0n) is 15.0. The molecule has 1 aromatic heterocycles. The highest BCUT2D eigenvalue weighted by Gasteiger charge is 2.40. The minimum absolute atomic E-state index is 0. The fraction of sp³-hybridized carbons (Fsp3) is 0.500. The van der Waals surface area contributed by atoms with Gasteiger partial charge in [0, 0.05) is 23.2 Å². The fourth-order valence-corrected chi connectivity index (χ4v) is 4.49. The van der Waals surface area contributed by atoms with Crippen LogP contribution in [0.4, 0.5) is 5.69 Å². The van der Waals surface area contributed by atoms with Crippen molar-refractivity contribution in [1.82, 2.24) is 4.98 Å². The predicted molar refractivity (Wildman–Crippen MR) is 104 cm³/mol. The van der Waals surface area contributed by atoms with Crippen molar-refractivity contribution < 1.29 is 9.21 Å². The number of anilines is 1. The van der Waals surface area contributed by atoms with Gasteiger partial charge in [-0.05, 0) is 62.1 Å². The van der Waals surface area contributed by atoms with Crippen molar-refractivity contribution in [2.45, 2.75) is 45.1 Å². The molecule has 2 unspecified atom stereocenters. The van der Waals surface area contributed by atoms with Crippen LogP contribution in [0.1, 0.15) is 37.7 Å². The maximum Gasteiger partial charge on any atom is 0.227 e. The molecule has 0 radical (unpaired) electrons. The molecule has 2 fully saturated rings. The molecule has 3 N–H and O–H groups in total. The quantitative estimate of drug-likeness (QED) is 0.843. The lowest BCUT2D eigenvalue weighted by atomic mass is 9.65. The number of nitrogens with two attached hydrogens (primary N) is 1. The van der Waals surface area contributed by atoms with Gasteiger partial charge in [-0.1, -0.05) is 12.5 Å². The van der Waals surface area contributed by atoms with Gasteiger partial charge in [-0.3, -0.25) is 4.79 Å². The zero-order valence-corrected chi connectivity index (χ0v) is 15.8. The first kappa shape index (κ1) is 18.9. The fourth-order valence-electron chi connectivity index (χ4n) is 4.49. The van der Waals surface area contributed by atoms with Crippen LogP contribution in [0, 0.1) is 24.7 Å². The highest BCUT2D eigenvalue weighted by atomic mass is 35.5. The van der Waals surface area contributed by atoms with Gasteiger partial charge in [0.25, 0.3) is 0 Å². The largest absolute Gasteiger partial charge is 0.445 e. The first-order valence-electron chi connectivity index (χ1n) is 9.19. The highest BCUT2D eigenvalue weighted by Crippen LogP contribution is 2.42. The molecule has 140 valence electrons. The Balaban J connectivity index is 0.00000196. The summed E-state index contributed by atoms with van der Waals surface area (Å²) in [5, 5.41) is 3.14. The van der Waals surface area contributed by atoms with Crippen LogP contribution in [0.15, 0.2) is 35.1 Å². The molecule has 0 aliphatic heterocycles. The molecule has 2 bridgehead atoms. The number of nitrogens with zero attached hydrogens (tertiary/aromatic N) is 1. The second-order valence-electron chi connectivity index (χ2n) is 7.55. The molecule has 2 aromatic rings. The zero-order chi connectivity index (χ0) is 17.4. The van der Waals surface area contributed by atoms with Crippen LogP contribution in [0.25, 0.3) is 11.5 Å². The summed E-state index contributed by atoms with van der Waals surface area (Å²) >= 11 is 0. The van der Waals surface area contributed by atoms with Gasteiger partial charge in [0.1, 0.15) is 6.26 Å². The Kier molecular flexibility index (Phi) is 5.68. The maximum absolute atomic E-state index is 12.9. The number of benzene rings is 1. The number of fused-ring (bicyclic) bond motifs is 2. The third-order valence-corrected chi connectivity index (χ3v) is 5.96. The maximum atomic E-state index is 12.9. The minimum atomic E-state index is 0. The minimum Gasteiger partial charge on any atom is -0.445 e. The van der Waals surface area contributed by atoms with E-state index in [1.165, 1.54) is 19.3 Å². The van der Waals surface area contributed by atoms with Crippen LogP contribution in [0.2, 0.25) is 0 Å². The van der Waals surface area contributed by atoms with E-state index in [-0.39, 0.29) is 30.3 Å². The standard InChI is InChI=1S/C20H25N3O2.ClH/c1-12-5-6-15(20-22-7-8-25-20)11-17(12)23-19(24)16-9-13-3-2-4-14(10-16)18(13)21;/h5-8,11,13-14,16,18H,2-4,9-10,21H2,1H3,(H,23,24);1H. The van der Waals surface area contributed by atoms with Crippen LogP contribution in [-0.4, -0.2) is 16.9 Å². The molecule has 26 heavy (non-hydrogen) atoms. The molecular formula is C20H26ClN3O2. The number of rotatable bonds is 3. The van der Waals surface area contributed by atoms with E-state index < -0.39 is 0 Å². The Hall–Kier alpha value is -1.85. The Morgan fingerprint density at radius 1 is 1.27 bits per heavy atom. The van der Waals surface area contributed by atoms with Crippen molar-refractivity contribution in [3.8, 4) is 11.5 Å². The summed E-state index contributed by atoms with van der Waals surface area (Å²) < 4.78 is 5.36. The smallest absolute Gasteiger partial charge is 0.227 e. The topological polar surface area (TPSA) is 81.2 Å². The second kappa shape index (κ2) is 7.80. The monoisotopic (exact) mass is 375 g/mol. The third-order valence-electron chi connectivity index (χ3n) is 5.96. The number of aryl methyl sites for hydroxylation is 1. The summed E-state index contributed by atoms with van der Waals surface area (Å²) in [4.78, 5) is 17.0. The van der Waals surface area contributed by atoms with E-state index in [2.05, 4.69) is 10.3 Å². The molecule has 2 saturated carbocycles. The van der Waals surface area contributed by atoms with Gasteiger partial charge in [-0.15, -0.1) is 12.4 Å². The van der Waals surface area contributed by atoms with Crippen LogP contribution in [0.3, 0.4) is 0 Å². The van der Waals surface area contributed by atoms with Gasteiger partial charge in [0.05, 0.1) is 6.20 Å². The van der Waals surface area contributed by atoms with Crippen molar-refractivity contribution in [1.29, 1.82) is 0 Å². The summed E-state index contributed by atoms with van der Waals surface area (Å²) in [6.45, 7) is 2.00. The van der Waals surface area contributed by atoms with E-state index in [0.717, 1.165) is 29.7 Å². The molecule has 1 heterocycles. The van der Waals surface area contributed by atoms with Gasteiger partial charge in [-0.2, -0.15) is 0 Å². The van der Waals surface area contributed by atoms with Crippen LogP contribution in [0.5, 0.6) is 0 Å². The van der Waals surface area contributed by atoms with Crippen molar-refractivity contribution in [2.24, 2.45) is 23.5 Å². The van der Waals surface area contributed by atoms with Crippen LogP contribution >= 0.6 is 12.4 Å². The lowest BCUT2D eigenvalue weighted by molar-refractivity contribution is -0.122. The van der Waals surface area contributed by atoms with Gasteiger partial charge in [0.2, 0.25) is 11.8 Å². The summed E-state index contributed by atoms with van der Waals surface area (Å²) in [6.07, 6.45) is 8.60. The first-order valence-corrected chi connectivity index (χ1v) is 9.19. The summed E-state index contributed by atoms with van der Waals surface area (Å²) in [7, 11) is 0. The molecule has 2 atom stereocenters. The Morgan fingerprint density at radius 2 is 2.00 bits per heavy atom. The molecule has 5 nitrogen and oxygen atoms in total. The first-order chi connectivity index (χ1) is 12.1. The Labute approximate surface area is 160 Å². The number of oxazole rings is 1. The normalized spacial score (nSPS) is 27.5. The molecule has 0 saturated heterocycles. The Morgan fingerprint density at radius 3 is 2.65 bits per heavy atom. The summed E-state index contributed by atoms with van der Waals surface area (Å²) in [6, 6.07) is 6.17. The lowest BCUT2D eigenvalue weighted by Crippen LogP contribution is -2.48. The summed E-state index contributed by atoms with van der Waals surface area (Å²) in [5.41, 5.74) is 9.09. The molecule has 1 amide bonds. The number of carbonyl (C=O) groups excluding carboxylic acids is 1. The van der Waals surface area contributed by atoms with Crippen LogP contribution < -0.4 is 11.1 Å². The number of amides is 1. The number of carbonyl (C=O) groups is 1. The average Bonchev–Trinajstić information content (AvgIpc) is 3.11. The number of aromatic nitrogens is 1. The third kappa shape index (κ3) is 3.64. The van der Waals surface area contributed by atoms with Crippen molar-refractivity contribution in [3.05, 3.63) is 36.2 Å². The van der Waals surface area contributed by atoms with Crippen molar-refractivity contribution >= 4 is 24.0 Å². The number of hydrogen-bond donors (Lipinski definition) is 2. The van der Waals surface area contributed by atoms with Gasteiger partial charge in [-0.25, -0.2) is 4.98 Å². The van der Waals surface area contributed by atoms with E-state index in [9.17, 15) is 4.79 Å². The molecule has 0 spiro atoms. The SMILES string of the molecule is Cc1ccc(-c2ncco2)cc1NC(=O)C1CC2CCCC(C1)C2N.Cl. The predicted octanol–water partition coefficient (Wildman–Crippen LogP) is 4.16. The van der Waals surface area contributed by atoms with E-state index >= 15 is 0 Å². The number of nitrogens with one attached hydrogen (secondary N) is 1.